The Kier molecular flexibility index (Phi) is 1.14. The normalized spacial score (nSPS) is 30.2. The van der Waals surface area contributed by atoms with E-state index in [1.165, 1.54) is 38.5 Å². The first kappa shape index (κ1) is 5.52. The summed E-state index contributed by atoms with van der Waals surface area (Å²) in [6.45, 7) is 0. The second-order valence-electron chi connectivity index (χ2n) is 3.39. The summed E-state index contributed by atoms with van der Waals surface area (Å²) in [5.74, 6) is 0. The molecular weight excluding hydrogens is 108 g/mol. The third-order valence-electron chi connectivity index (χ3n) is 2.71. The largest absolute Gasteiger partial charge is 0.0796 e. The van der Waals surface area contributed by atoms with Crippen molar-refractivity contribution in [1.82, 2.24) is 0 Å². The number of rotatable bonds is 0. The van der Waals surface area contributed by atoms with Crippen LogP contribution in [0.1, 0.15) is 38.5 Å². The van der Waals surface area contributed by atoms with E-state index in [1.54, 1.807) is 0 Å². The fraction of sp³-hybridized carbons (Fsp3) is 0.778. The molecule has 0 bridgehead atoms. The van der Waals surface area contributed by atoms with Crippen LogP contribution in [0.15, 0.2) is 6.08 Å². The van der Waals surface area contributed by atoms with Crippen molar-refractivity contribution >= 4 is 0 Å². The molecule has 0 aromatic heterocycles. The molecule has 0 heteroatoms. The highest BCUT2D eigenvalue weighted by Crippen LogP contribution is 2.45. The molecular formula is C9H13. The molecule has 0 nitrogen and oxygen atoms in total. The van der Waals surface area contributed by atoms with E-state index in [0.717, 1.165) is 0 Å². The van der Waals surface area contributed by atoms with Gasteiger partial charge in [-0.15, -0.1) is 0 Å². The van der Waals surface area contributed by atoms with E-state index in [2.05, 4.69) is 12.2 Å². The lowest BCUT2D eigenvalue weighted by Crippen LogP contribution is -2.26. The van der Waals surface area contributed by atoms with Crippen molar-refractivity contribution < 1.29 is 0 Å². The summed E-state index contributed by atoms with van der Waals surface area (Å²) < 4.78 is 0. The molecule has 2 rings (SSSR count). The summed E-state index contributed by atoms with van der Waals surface area (Å²) in [4.78, 5) is 0. The van der Waals surface area contributed by atoms with Crippen LogP contribution in [-0.4, -0.2) is 0 Å². The van der Waals surface area contributed by atoms with Gasteiger partial charge in [-0.25, -0.2) is 0 Å². The van der Waals surface area contributed by atoms with Gasteiger partial charge in [-0.1, -0.05) is 25.3 Å². The van der Waals surface area contributed by atoms with Gasteiger partial charge in [0, 0.05) is 0 Å². The molecule has 0 saturated heterocycles. The van der Waals surface area contributed by atoms with Gasteiger partial charge in [-0.3, -0.25) is 0 Å². The van der Waals surface area contributed by atoms with Gasteiger partial charge in [0.25, 0.3) is 0 Å². The fourth-order valence-electron chi connectivity index (χ4n) is 1.97. The van der Waals surface area contributed by atoms with E-state index in [9.17, 15) is 0 Å². The summed E-state index contributed by atoms with van der Waals surface area (Å²) in [6, 6.07) is 0. The summed E-state index contributed by atoms with van der Waals surface area (Å²) in [5.41, 5.74) is 0.595. The molecule has 0 unspecified atom stereocenters. The number of hydrogen-bond acceptors (Lipinski definition) is 0. The molecule has 0 heterocycles. The van der Waals surface area contributed by atoms with Gasteiger partial charge in [-0.2, -0.15) is 0 Å². The zero-order valence-electron chi connectivity index (χ0n) is 5.82. The van der Waals surface area contributed by atoms with E-state index >= 15 is 0 Å². The van der Waals surface area contributed by atoms with Crippen molar-refractivity contribution in [2.45, 2.75) is 38.5 Å². The molecule has 0 aromatic carbocycles. The Balaban J connectivity index is 2.02. The lowest BCUT2D eigenvalue weighted by atomic mass is 9.66. The smallest absolute Gasteiger partial charge is 0.00127 e. The summed E-state index contributed by atoms with van der Waals surface area (Å²) >= 11 is 0. The highest BCUT2D eigenvalue weighted by Gasteiger charge is 2.32. The van der Waals surface area contributed by atoms with Gasteiger partial charge in [-0.05, 0) is 30.8 Å². The standard InChI is InChI=1S/C9H13/c1-2-5-9(6-3-1)7-4-8-9/h4H,1-3,5-7H2. The lowest BCUT2D eigenvalue weighted by molar-refractivity contribution is 0.223. The quantitative estimate of drug-likeness (QED) is 0.462. The first-order chi connectivity index (χ1) is 4.41. The molecule has 2 aliphatic carbocycles. The van der Waals surface area contributed by atoms with Gasteiger partial charge in [0.2, 0.25) is 0 Å². The summed E-state index contributed by atoms with van der Waals surface area (Å²) in [5, 5.41) is 0. The molecule has 1 spiro atoms. The maximum atomic E-state index is 3.44. The third-order valence-corrected chi connectivity index (χ3v) is 2.71. The van der Waals surface area contributed by atoms with Crippen LogP contribution < -0.4 is 0 Å². The Bertz CT molecular complexity index is 127. The second-order valence-corrected chi connectivity index (χ2v) is 3.39. The van der Waals surface area contributed by atoms with Crippen LogP contribution in [0.25, 0.3) is 0 Å². The summed E-state index contributed by atoms with van der Waals surface area (Å²) in [7, 11) is 0. The molecule has 0 aromatic rings. The number of allylic oxidation sites excluding steroid dienone is 2. The van der Waals surface area contributed by atoms with Crippen molar-refractivity contribution in [2.75, 3.05) is 0 Å². The highest BCUT2D eigenvalue weighted by atomic mass is 14.4. The maximum absolute atomic E-state index is 3.44. The number of hydrogen-bond donors (Lipinski definition) is 0. The molecule has 0 amide bonds. The zero-order valence-corrected chi connectivity index (χ0v) is 5.82. The van der Waals surface area contributed by atoms with Crippen LogP contribution in [0.3, 0.4) is 0 Å². The minimum absolute atomic E-state index is 0.595. The van der Waals surface area contributed by atoms with Gasteiger partial charge in [0.1, 0.15) is 0 Å². The minimum Gasteiger partial charge on any atom is -0.0796 e. The van der Waals surface area contributed by atoms with Crippen molar-refractivity contribution in [3.8, 4) is 0 Å². The average Bonchev–Trinajstić information content (AvgIpc) is 1.87. The van der Waals surface area contributed by atoms with Crippen molar-refractivity contribution in [2.24, 2.45) is 5.41 Å². The molecule has 1 radical (unpaired) electrons. The lowest BCUT2D eigenvalue weighted by Gasteiger charge is -2.38. The maximum Gasteiger partial charge on any atom is -0.00127 e. The van der Waals surface area contributed by atoms with E-state index in [0.29, 0.717) is 5.41 Å². The SMILES string of the molecule is [C]1=CCC12CCCCC2. The molecule has 9 heavy (non-hydrogen) atoms. The minimum atomic E-state index is 0.595. The molecule has 0 aliphatic heterocycles. The molecule has 49 valence electrons. The summed E-state index contributed by atoms with van der Waals surface area (Å²) in [6.07, 6.45) is 14.2. The van der Waals surface area contributed by atoms with Gasteiger partial charge in [0.15, 0.2) is 0 Å². The Morgan fingerprint density at radius 1 is 1.11 bits per heavy atom. The van der Waals surface area contributed by atoms with Crippen molar-refractivity contribution in [3.05, 3.63) is 12.2 Å². The Hall–Kier alpha value is -0.260. The Morgan fingerprint density at radius 2 is 1.78 bits per heavy atom. The van der Waals surface area contributed by atoms with E-state index in [4.69, 9.17) is 0 Å². The predicted molar refractivity (Wildman–Crippen MR) is 37.9 cm³/mol. The third kappa shape index (κ3) is 0.810. The molecule has 0 atom stereocenters. The zero-order chi connectivity index (χ0) is 6.16. The first-order valence-electron chi connectivity index (χ1n) is 4.01. The van der Waals surface area contributed by atoms with Crippen LogP contribution in [0.5, 0.6) is 0 Å². The second kappa shape index (κ2) is 1.86. The van der Waals surface area contributed by atoms with Crippen LogP contribution in [0.2, 0.25) is 0 Å². The Labute approximate surface area is 57.0 Å². The first-order valence-corrected chi connectivity index (χ1v) is 4.01. The predicted octanol–water partition coefficient (Wildman–Crippen LogP) is 2.70. The van der Waals surface area contributed by atoms with E-state index in [-0.39, 0.29) is 0 Å². The van der Waals surface area contributed by atoms with Crippen LogP contribution in [0, 0.1) is 11.5 Å². The topological polar surface area (TPSA) is 0 Å². The molecule has 2 aliphatic rings. The van der Waals surface area contributed by atoms with E-state index in [1.807, 2.05) is 0 Å². The fourth-order valence-corrected chi connectivity index (χ4v) is 1.97. The van der Waals surface area contributed by atoms with Gasteiger partial charge in [0.05, 0.1) is 0 Å². The van der Waals surface area contributed by atoms with Crippen molar-refractivity contribution in [3.63, 3.8) is 0 Å². The van der Waals surface area contributed by atoms with Gasteiger partial charge < -0.3 is 0 Å². The van der Waals surface area contributed by atoms with Crippen LogP contribution in [0.4, 0.5) is 0 Å². The Morgan fingerprint density at radius 3 is 2.11 bits per heavy atom. The van der Waals surface area contributed by atoms with Crippen molar-refractivity contribution in [1.29, 1.82) is 0 Å². The molecule has 1 fully saturated rings. The molecule has 1 saturated carbocycles. The molecule has 0 N–H and O–H groups in total. The monoisotopic (exact) mass is 121 g/mol. The highest BCUT2D eigenvalue weighted by molar-refractivity contribution is 5.07. The van der Waals surface area contributed by atoms with Crippen LogP contribution >= 0.6 is 0 Å². The van der Waals surface area contributed by atoms with Gasteiger partial charge >= 0.3 is 0 Å². The average molecular weight is 121 g/mol. The van der Waals surface area contributed by atoms with E-state index < -0.39 is 0 Å². The van der Waals surface area contributed by atoms with Crippen LogP contribution in [-0.2, 0) is 0 Å².